The number of aromatic hydroxyl groups is 3. The fourth-order valence-electron chi connectivity index (χ4n) is 5.25. The molecule has 1 aromatic heterocycles. The van der Waals surface area contributed by atoms with E-state index in [0.29, 0.717) is 0 Å². The van der Waals surface area contributed by atoms with Crippen LogP contribution in [0.15, 0.2) is 27.4 Å². The SMILES string of the molecule is O=c1c2cc(C3OC(CO)C(O)C(O)C3O)c(O)cc2oc2cc(O)c(C3OC(CO)C(O)C(O)C3O)c(O)c12. The second kappa shape index (κ2) is 10.4. The first kappa shape index (κ1) is 28.4. The highest BCUT2D eigenvalue weighted by Crippen LogP contribution is 2.45. The summed E-state index contributed by atoms with van der Waals surface area (Å²) in [5.74, 6) is -2.18. The van der Waals surface area contributed by atoms with Crippen molar-refractivity contribution in [3.8, 4) is 17.2 Å². The summed E-state index contributed by atoms with van der Waals surface area (Å²) >= 11 is 0. The molecule has 0 bridgehead atoms. The highest BCUT2D eigenvalue weighted by atomic mass is 16.6. The Morgan fingerprint density at radius 1 is 0.650 bits per heavy atom. The van der Waals surface area contributed by atoms with E-state index in [4.69, 9.17) is 13.9 Å². The summed E-state index contributed by atoms with van der Waals surface area (Å²) in [7, 11) is 0. The minimum Gasteiger partial charge on any atom is -0.507 e. The molecular weight excluding hydrogens is 540 g/mol. The van der Waals surface area contributed by atoms with Crippen molar-refractivity contribution < 1.29 is 70.1 Å². The first-order valence-electron chi connectivity index (χ1n) is 12.2. The molecule has 40 heavy (non-hydrogen) atoms. The van der Waals surface area contributed by atoms with Gasteiger partial charge in [-0.3, -0.25) is 4.79 Å². The van der Waals surface area contributed by atoms with Crippen LogP contribution in [0.1, 0.15) is 23.3 Å². The molecule has 2 aliphatic rings. The molecule has 3 aromatic rings. The number of aliphatic hydroxyl groups is 8. The molecule has 5 rings (SSSR count). The lowest BCUT2D eigenvalue weighted by Gasteiger charge is -2.40. The first-order valence-corrected chi connectivity index (χ1v) is 12.2. The molecule has 15 nitrogen and oxygen atoms in total. The van der Waals surface area contributed by atoms with Gasteiger partial charge in [0.25, 0.3) is 0 Å². The van der Waals surface area contributed by atoms with Gasteiger partial charge in [-0.2, -0.15) is 0 Å². The summed E-state index contributed by atoms with van der Waals surface area (Å²) in [6, 6.07) is 2.98. The summed E-state index contributed by atoms with van der Waals surface area (Å²) in [4.78, 5) is 13.6. The summed E-state index contributed by atoms with van der Waals surface area (Å²) in [5, 5.41) is 112. The number of aliphatic hydroxyl groups excluding tert-OH is 8. The Balaban J connectivity index is 1.67. The zero-order valence-electron chi connectivity index (χ0n) is 20.5. The van der Waals surface area contributed by atoms with E-state index in [1.807, 2.05) is 0 Å². The van der Waals surface area contributed by atoms with E-state index in [2.05, 4.69) is 0 Å². The molecule has 0 amide bonds. The van der Waals surface area contributed by atoms with E-state index < -0.39 is 108 Å². The predicted molar refractivity (Wildman–Crippen MR) is 130 cm³/mol. The van der Waals surface area contributed by atoms with Crippen molar-refractivity contribution in [2.24, 2.45) is 0 Å². The average Bonchev–Trinajstić information content (AvgIpc) is 2.91. The number of phenols is 3. The van der Waals surface area contributed by atoms with Crippen LogP contribution in [0, 0.1) is 0 Å². The fourth-order valence-corrected chi connectivity index (χ4v) is 5.25. The second-order valence-electron chi connectivity index (χ2n) is 9.87. The van der Waals surface area contributed by atoms with Crippen LogP contribution in [-0.2, 0) is 9.47 Å². The maximum atomic E-state index is 13.6. The number of benzene rings is 2. The van der Waals surface area contributed by atoms with Crippen molar-refractivity contribution >= 4 is 21.9 Å². The number of phenolic OH excluding ortho intramolecular Hbond substituents is 3. The van der Waals surface area contributed by atoms with Gasteiger partial charge >= 0.3 is 0 Å². The Hall–Kier alpha value is -3.09. The van der Waals surface area contributed by atoms with Crippen LogP contribution in [0.3, 0.4) is 0 Å². The third kappa shape index (κ3) is 4.27. The molecule has 0 radical (unpaired) electrons. The maximum Gasteiger partial charge on any atom is 0.204 e. The predicted octanol–water partition coefficient (Wildman–Crippen LogP) is -2.91. The number of hydrogen-bond acceptors (Lipinski definition) is 15. The smallest absolute Gasteiger partial charge is 0.204 e. The van der Waals surface area contributed by atoms with Gasteiger partial charge in [-0.25, -0.2) is 0 Å². The monoisotopic (exact) mass is 568 g/mol. The lowest BCUT2D eigenvalue weighted by molar-refractivity contribution is -0.232. The van der Waals surface area contributed by atoms with Crippen molar-refractivity contribution in [3.63, 3.8) is 0 Å². The lowest BCUT2D eigenvalue weighted by atomic mass is 9.89. The van der Waals surface area contributed by atoms with Crippen molar-refractivity contribution in [1.82, 2.24) is 0 Å². The summed E-state index contributed by atoms with van der Waals surface area (Å²) in [5.41, 5.74) is -2.23. The quantitative estimate of drug-likeness (QED) is 0.141. The van der Waals surface area contributed by atoms with Gasteiger partial charge in [0.05, 0.1) is 24.2 Å². The van der Waals surface area contributed by atoms with Crippen LogP contribution in [-0.4, -0.2) is 118 Å². The average molecular weight is 568 g/mol. The van der Waals surface area contributed by atoms with Gasteiger partial charge in [0.1, 0.15) is 94.8 Å². The molecule has 2 aliphatic heterocycles. The van der Waals surface area contributed by atoms with Gasteiger partial charge in [0.15, 0.2) is 0 Å². The number of fused-ring (bicyclic) bond motifs is 2. The molecule has 10 atom stereocenters. The normalized spacial score (nSPS) is 34.9. The van der Waals surface area contributed by atoms with E-state index in [-0.39, 0.29) is 22.1 Å². The topological polar surface area (TPSA) is 271 Å². The summed E-state index contributed by atoms with van der Waals surface area (Å²) in [6.45, 7) is -1.52. The molecule has 0 saturated carbocycles. The van der Waals surface area contributed by atoms with Gasteiger partial charge < -0.3 is 70.1 Å². The minimum atomic E-state index is -1.89. The fraction of sp³-hybridized carbons (Fsp3) is 0.480. The Morgan fingerprint density at radius 3 is 1.75 bits per heavy atom. The van der Waals surface area contributed by atoms with Crippen molar-refractivity contribution in [1.29, 1.82) is 0 Å². The highest BCUT2D eigenvalue weighted by Gasteiger charge is 2.47. The van der Waals surface area contributed by atoms with Crippen molar-refractivity contribution in [2.75, 3.05) is 13.2 Å². The van der Waals surface area contributed by atoms with Crippen LogP contribution in [0.4, 0.5) is 0 Å². The largest absolute Gasteiger partial charge is 0.507 e. The molecular formula is C25H28O15. The Labute approximate surface area is 223 Å². The van der Waals surface area contributed by atoms with Crippen LogP contribution in [0.5, 0.6) is 17.2 Å². The molecule has 11 N–H and O–H groups in total. The van der Waals surface area contributed by atoms with Crippen LogP contribution < -0.4 is 5.43 Å². The molecule has 0 spiro atoms. The molecule has 218 valence electrons. The molecule has 15 heteroatoms. The van der Waals surface area contributed by atoms with E-state index in [1.165, 1.54) is 0 Å². The Kier molecular flexibility index (Phi) is 7.38. The second-order valence-corrected chi connectivity index (χ2v) is 9.87. The molecule has 2 fully saturated rings. The van der Waals surface area contributed by atoms with Gasteiger partial charge in [-0.1, -0.05) is 0 Å². The van der Waals surface area contributed by atoms with E-state index in [9.17, 15) is 61.0 Å². The Bertz CT molecular complexity index is 1480. The van der Waals surface area contributed by atoms with Gasteiger partial charge in [0, 0.05) is 17.7 Å². The zero-order chi connectivity index (χ0) is 29.2. The van der Waals surface area contributed by atoms with E-state index in [0.717, 1.165) is 18.2 Å². The molecule has 10 unspecified atom stereocenters. The van der Waals surface area contributed by atoms with E-state index in [1.54, 1.807) is 0 Å². The summed E-state index contributed by atoms with van der Waals surface area (Å²) < 4.78 is 16.5. The number of rotatable bonds is 4. The van der Waals surface area contributed by atoms with Crippen LogP contribution >= 0.6 is 0 Å². The van der Waals surface area contributed by atoms with E-state index >= 15 is 0 Å². The van der Waals surface area contributed by atoms with Crippen molar-refractivity contribution in [3.05, 3.63) is 39.5 Å². The highest BCUT2D eigenvalue weighted by molar-refractivity contribution is 5.95. The minimum absolute atomic E-state index is 0.219. The number of ether oxygens (including phenoxy) is 2. The third-order valence-corrected chi connectivity index (χ3v) is 7.48. The van der Waals surface area contributed by atoms with Gasteiger partial charge in [-0.15, -0.1) is 0 Å². The van der Waals surface area contributed by atoms with Crippen molar-refractivity contribution in [2.45, 2.75) is 61.0 Å². The van der Waals surface area contributed by atoms with Crippen LogP contribution in [0.2, 0.25) is 0 Å². The van der Waals surface area contributed by atoms with Crippen LogP contribution in [0.25, 0.3) is 21.9 Å². The molecule has 2 saturated heterocycles. The molecule has 0 aliphatic carbocycles. The van der Waals surface area contributed by atoms with Gasteiger partial charge in [0.2, 0.25) is 5.43 Å². The number of hydrogen-bond donors (Lipinski definition) is 11. The zero-order valence-corrected chi connectivity index (χ0v) is 20.5. The lowest BCUT2D eigenvalue weighted by Crippen LogP contribution is -2.55. The standard InChI is InChI=1S/C25H28O15/c26-4-12-17(31)20(34)22(36)24(39-12)6-1-7-10(2-8(6)28)38-11-3-9(29)14(19(33)15(11)16(7)30)25-23(37)21(35)18(32)13(5-27)40-25/h1-3,12-13,17-18,20-29,31-37H,4-5H2. The van der Waals surface area contributed by atoms with Gasteiger partial charge in [-0.05, 0) is 6.07 Å². The summed E-state index contributed by atoms with van der Waals surface area (Å²) in [6.07, 6.45) is -16.6. The third-order valence-electron chi connectivity index (χ3n) is 7.48. The maximum absolute atomic E-state index is 13.6. The molecule has 2 aromatic carbocycles. The Morgan fingerprint density at radius 2 is 1.18 bits per heavy atom. The first-order chi connectivity index (χ1) is 18.9. The molecule has 3 heterocycles.